The van der Waals surface area contributed by atoms with Gasteiger partial charge in [0.2, 0.25) is 5.91 Å². The smallest absolute Gasteiger partial charge is 0.224 e. The summed E-state index contributed by atoms with van der Waals surface area (Å²) in [5.41, 5.74) is 0.501. The Labute approximate surface area is 67.6 Å². The SMILES string of the molecule is CC1(C)CC(N2CCC2=O)C1. The Balaban J connectivity index is 1.87. The van der Waals surface area contributed by atoms with Crippen LogP contribution in [0.4, 0.5) is 0 Å². The second-order valence-corrected chi connectivity index (χ2v) is 4.56. The average Bonchev–Trinajstić information content (AvgIpc) is 1.81. The van der Waals surface area contributed by atoms with Gasteiger partial charge in [-0.15, -0.1) is 0 Å². The molecule has 1 amide bonds. The van der Waals surface area contributed by atoms with Crippen LogP contribution in [0.5, 0.6) is 0 Å². The van der Waals surface area contributed by atoms with Gasteiger partial charge in [-0.25, -0.2) is 0 Å². The van der Waals surface area contributed by atoms with Crippen molar-refractivity contribution in [2.75, 3.05) is 6.54 Å². The molecule has 2 aliphatic rings. The number of amides is 1. The Bertz CT molecular complexity index is 190. The first-order valence-corrected chi connectivity index (χ1v) is 4.38. The molecule has 62 valence electrons. The summed E-state index contributed by atoms with van der Waals surface area (Å²) >= 11 is 0. The first-order valence-electron chi connectivity index (χ1n) is 4.38. The van der Waals surface area contributed by atoms with Crippen LogP contribution in [-0.4, -0.2) is 23.4 Å². The zero-order valence-corrected chi connectivity index (χ0v) is 7.26. The Morgan fingerprint density at radius 1 is 1.45 bits per heavy atom. The van der Waals surface area contributed by atoms with Crippen LogP contribution < -0.4 is 0 Å². The minimum absolute atomic E-state index is 0.366. The molecule has 2 rings (SSSR count). The highest BCUT2D eigenvalue weighted by atomic mass is 16.2. The van der Waals surface area contributed by atoms with Crippen molar-refractivity contribution in [3.05, 3.63) is 0 Å². The van der Waals surface area contributed by atoms with E-state index in [0.717, 1.165) is 13.0 Å². The zero-order valence-electron chi connectivity index (χ0n) is 7.26. The maximum absolute atomic E-state index is 11.0. The molecular weight excluding hydrogens is 138 g/mol. The molecule has 11 heavy (non-hydrogen) atoms. The van der Waals surface area contributed by atoms with Crippen LogP contribution in [0.1, 0.15) is 33.1 Å². The minimum Gasteiger partial charge on any atom is -0.339 e. The molecule has 0 unspecified atom stereocenters. The summed E-state index contributed by atoms with van der Waals surface area (Å²) in [5, 5.41) is 0. The Hall–Kier alpha value is -0.530. The van der Waals surface area contributed by atoms with Gasteiger partial charge in [-0.1, -0.05) is 13.8 Å². The van der Waals surface area contributed by atoms with Gasteiger partial charge in [0.25, 0.3) is 0 Å². The minimum atomic E-state index is 0.366. The summed E-state index contributed by atoms with van der Waals surface area (Å²) in [5.74, 6) is 0.366. The van der Waals surface area contributed by atoms with Crippen molar-refractivity contribution in [2.45, 2.75) is 39.2 Å². The Morgan fingerprint density at radius 2 is 2.09 bits per heavy atom. The number of β-lactam (4-membered cyclic amide) rings is 1. The van der Waals surface area contributed by atoms with E-state index in [1.807, 2.05) is 4.90 Å². The lowest BCUT2D eigenvalue weighted by atomic mass is 9.67. The molecule has 1 heterocycles. The van der Waals surface area contributed by atoms with Crippen molar-refractivity contribution in [1.82, 2.24) is 4.90 Å². The van der Waals surface area contributed by atoms with Crippen molar-refractivity contribution in [3.8, 4) is 0 Å². The van der Waals surface area contributed by atoms with Gasteiger partial charge in [-0.3, -0.25) is 4.79 Å². The lowest BCUT2D eigenvalue weighted by Gasteiger charge is -2.51. The van der Waals surface area contributed by atoms with Gasteiger partial charge in [0, 0.05) is 19.0 Å². The standard InChI is InChI=1S/C9H15NO/c1-9(2)5-7(6-9)10-4-3-8(10)11/h7H,3-6H2,1-2H3. The fourth-order valence-electron chi connectivity index (χ4n) is 2.15. The van der Waals surface area contributed by atoms with E-state index in [9.17, 15) is 4.79 Å². The summed E-state index contributed by atoms with van der Waals surface area (Å²) in [4.78, 5) is 13.0. The maximum atomic E-state index is 11.0. The van der Waals surface area contributed by atoms with Crippen LogP contribution in [0, 0.1) is 5.41 Å². The van der Waals surface area contributed by atoms with E-state index in [2.05, 4.69) is 13.8 Å². The van der Waals surface area contributed by atoms with Gasteiger partial charge in [-0.05, 0) is 18.3 Å². The highest BCUT2D eigenvalue weighted by Gasteiger charge is 2.43. The average molecular weight is 153 g/mol. The van der Waals surface area contributed by atoms with Crippen LogP contribution in [0.15, 0.2) is 0 Å². The molecule has 1 aliphatic carbocycles. The molecule has 0 aromatic carbocycles. The molecule has 0 N–H and O–H groups in total. The molecule has 1 saturated carbocycles. The number of rotatable bonds is 1. The molecule has 2 nitrogen and oxygen atoms in total. The fraction of sp³-hybridized carbons (Fsp3) is 0.889. The van der Waals surface area contributed by atoms with E-state index in [1.165, 1.54) is 12.8 Å². The topological polar surface area (TPSA) is 20.3 Å². The third kappa shape index (κ3) is 1.05. The fourth-order valence-corrected chi connectivity index (χ4v) is 2.15. The monoisotopic (exact) mass is 153 g/mol. The number of carbonyl (C=O) groups excluding carboxylic acids is 1. The van der Waals surface area contributed by atoms with Crippen LogP contribution in [0.2, 0.25) is 0 Å². The molecule has 0 aromatic heterocycles. The summed E-state index contributed by atoms with van der Waals surface area (Å²) in [6, 6.07) is 0.589. The highest BCUT2D eigenvalue weighted by molar-refractivity contribution is 5.82. The predicted molar refractivity (Wildman–Crippen MR) is 43.1 cm³/mol. The van der Waals surface area contributed by atoms with E-state index in [4.69, 9.17) is 0 Å². The molecule has 0 atom stereocenters. The van der Waals surface area contributed by atoms with E-state index >= 15 is 0 Å². The predicted octanol–water partition coefficient (Wildman–Crippen LogP) is 1.41. The van der Waals surface area contributed by atoms with Crippen LogP contribution >= 0.6 is 0 Å². The molecule has 2 heteroatoms. The normalized spacial score (nSPS) is 29.6. The number of hydrogen-bond acceptors (Lipinski definition) is 1. The summed E-state index contributed by atoms with van der Waals surface area (Å²) < 4.78 is 0. The number of likely N-dealkylation sites (tertiary alicyclic amines) is 1. The molecule has 0 bridgehead atoms. The summed E-state index contributed by atoms with van der Waals surface area (Å²) in [6.45, 7) is 5.56. The first-order chi connectivity index (χ1) is 5.08. The summed E-state index contributed by atoms with van der Waals surface area (Å²) in [7, 11) is 0. The van der Waals surface area contributed by atoms with Crippen molar-refractivity contribution < 1.29 is 4.79 Å². The zero-order chi connectivity index (χ0) is 8.06. The lowest BCUT2D eigenvalue weighted by Crippen LogP contribution is -2.56. The number of carbonyl (C=O) groups is 1. The Morgan fingerprint density at radius 3 is 2.36 bits per heavy atom. The second-order valence-electron chi connectivity index (χ2n) is 4.56. The molecule has 1 aliphatic heterocycles. The van der Waals surface area contributed by atoms with Gasteiger partial charge in [-0.2, -0.15) is 0 Å². The highest BCUT2D eigenvalue weighted by Crippen LogP contribution is 2.44. The molecule has 0 radical (unpaired) electrons. The van der Waals surface area contributed by atoms with Gasteiger partial charge in [0.15, 0.2) is 0 Å². The Kier molecular flexibility index (Phi) is 1.29. The van der Waals surface area contributed by atoms with Crippen molar-refractivity contribution in [1.29, 1.82) is 0 Å². The third-order valence-corrected chi connectivity index (χ3v) is 2.90. The number of hydrogen-bond donors (Lipinski definition) is 0. The van der Waals surface area contributed by atoms with Crippen LogP contribution in [-0.2, 0) is 4.79 Å². The van der Waals surface area contributed by atoms with Crippen molar-refractivity contribution in [2.24, 2.45) is 5.41 Å². The molecule has 2 fully saturated rings. The van der Waals surface area contributed by atoms with E-state index in [1.54, 1.807) is 0 Å². The van der Waals surface area contributed by atoms with Crippen molar-refractivity contribution >= 4 is 5.91 Å². The molecule has 0 aromatic rings. The quantitative estimate of drug-likeness (QED) is 0.521. The van der Waals surface area contributed by atoms with Gasteiger partial charge in [0.1, 0.15) is 0 Å². The van der Waals surface area contributed by atoms with E-state index in [-0.39, 0.29) is 0 Å². The third-order valence-electron chi connectivity index (χ3n) is 2.90. The van der Waals surface area contributed by atoms with Crippen LogP contribution in [0.25, 0.3) is 0 Å². The maximum Gasteiger partial charge on any atom is 0.224 e. The second kappa shape index (κ2) is 1.99. The summed E-state index contributed by atoms with van der Waals surface area (Å²) in [6.07, 6.45) is 3.20. The van der Waals surface area contributed by atoms with Gasteiger partial charge < -0.3 is 4.90 Å². The number of nitrogens with zero attached hydrogens (tertiary/aromatic N) is 1. The largest absolute Gasteiger partial charge is 0.339 e. The van der Waals surface area contributed by atoms with E-state index < -0.39 is 0 Å². The molecule has 0 spiro atoms. The molecule has 1 saturated heterocycles. The van der Waals surface area contributed by atoms with Crippen molar-refractivity contribution in [3.63, 3.8) is 0 Å². The van der Waals surface area contributed by atoms with Gasteiger partial charge >= 0.3 is 0 Å². The van der Waals surface area contributed by atoms with Crippen LogP contribution in [0.3, 0.4) is 0 Å². The first kappa shape index (κ1) is 7.14. The lowest BCUT2D eigenvalue weighted by molar-refractivity contribution is -0.148. The van der Waals surface area contributed by atoms with Gasteiger partial charge in [0.05, 0.1) is 0 Å². The van der Waals surface area contributed by atoms with E-state index in [0.29, 0.717) is 17.4 Å². The molecular formula is C9H15NO.